The van der Waals surface area contributed by atoms with Crippen LogP contribution < -0.4 is 18.9 Å². The van der Waals surface area contributed by atoms with Crippen LogP contribution in [-0.2, 0) is 6.42 Å². The monoisotopic (exact) mass is 466 g/mol. The third-order valence-electron chi connectivity index (χ3n) is 7.47. The van der Waals surface area contributed by atoms with Crippen molar-refractivity contribution in [1.29, 1.82) is 0 Å². The second-order valence-electron chi connectivity index (χ2n) is 9.25. The van der Waals surface area contributed by atoms with Crippen LogP contribution in [0.1, 0.15) is 34.0 Å². The highest BCUT2D eigenvalue weighted by Crippen LogP contribution is 2.51. The maximum absolute atomic E-state index is 5.98. The maximum atomic E-state index is 5.98. The standard InChI is InChI=1S/C29H26N2O4/c1-17-15-31(22-7-5-4-6-20(17)22)29-27-19(8-9-24(32-2)28(27)33-3)12-23-21-14-26-25(34-16-35-26)13-18(21)10-11-30(23)29/h4-9,12-15,29H,10-11,16H2,1-3H3. The number of rotatable bonds is 3. The molecule has 0 fully saturated rings. The van der Waals surface area contributed by atoms with Gasteiger partial charge in [0.2, 0.25) is 6.79 Å². The third-order valence-corrected chi connectivity index (χ3v) is 7.47. The fraction of sp³-hybridized carbons (Fsp3) is 0.241. The average molecular weight is 467 g/mol. The van der Waals surface area contributed by atoms with Crippen LogP contribution in [0.25, 0.3) is 22.7 Å². The van der Waals surface area contributed by atoms with Crippen LogP contribution in [-0.4, -0.2) is 37.0 Å². The summed E-state index contributed by atoms with van der Waals surface area (Å²) in [6.07, 6.45) is 5.36. The SMILES string of the molecule is COc1ccc2c(c1OC)C(n1cc(C)c3ccccc31)N1CCc3cc4c(cc3C1=C2)OCO4. The summed E-state index contributed by atoms with van der Waals surface area (Å²) in [6.45, 7) is 3.32. The predicted molar refractivity (Wildman–Crippen MR) is 135 cm³/mol. The van der Waals surface area contributed by atoms with Gasteiger partial charge in [0.15, 0.2) is 23.0 Å². The van der Waals surface area contributed by atoms with Gasteiger partial charge < -0.3 is 28.4 Å². The highest BCUT2D eigenvalue weighted by Gasteiger charge is 2.38. The van der Waals surface area contributed by atoms with Crippen molar-refractivity contribution in [3.8, 4) is 23.0 Å². The summed E-state index contributed by atoms with van der Waals surface area (Å²) in [6, 6.07) is 17.0. The Kier molecular flexibility index (Phi) is 4.34. The summed E-state index contributed by atoms with van der Waals surface area (Å²) in [5.41, 5.74) is 8.35. The largest absolute Gasteiger partial charge is 0.493 e. The number of nitrogens with zero attached hydrogens (tertiary/aromatic N) is 2. The van der Waals surface area contributed by atoms with Crippen LogP contribution in [0, 0.1) is 6.92 Å². The van der Waals surface area contributed by atoms with E-state index in [0.717, 1.165) is 47.1 Å². The third kappa shape index (κ3) is 2.83. The molecule has 3 aromatic carbocycles. The highest BCUT2D eigenvalue weighted by atomic mass is 16.7. The first-order chi connectivity index (χ1) is 17.2. The van der Waals surface area contributed by atoms with E-state index >= 15 is 0 Å². The fourth-order valence-electron chi connectivity index (χ4n) is 5.89. The minimum atomic E-state index is -0.0905. The molecule has 0 bridgehead atoms. The number of fused-ring (bicyclic) bond motifs is 6. The number of para-hydroxylation sites is 1. The summed E-state index contributed by atoms with van der Waals surface area (Å²) in [5.74, 6) is 3.16. The molecule has 0 saturated carbocycles. The van der Waals surface area contributed by atoms with Crippen molar-refractivity contribution in [2.45, 2.75) is 19.5 Å². The molecule has 6 heteroatoms. The van der Waals surface area contributed by atoms with E-state index in [1.165, 1.54) is 33.3 Å². The van der Waals surface area contributed by atoms with E-state index in [0.29, 0.717) is 0 Å². The first kappa shape index (κ1) is 20.3. The fourth-order valence-corrected chi connectivity index (χ4v) is 5.89. The van der Waals surface area contributed by atoms with E-state index in [2.05, 4.69) is 71.1 Å². The number of ether oxygens (including phenoxy) is 4. The molecule has 1 unspecified atom stereocenters. The second kappa shape index (κ2) is 7.47. The van der Waals surface area contributed by atoms with Gasteiger partial charge in [-0.15, -0.1) is 0 Å². The van der Waals surface area contributed by atoms with Gasteiger partial charge in [-0.1, -0.05) is 24.3 Å². The van der Waals surface area contributed by atoms with Crippen LogP contribution in [0.3, 0.4) is 0 Å². The number of aryl methyl sites for hydroxylation is 1. The molecule has 4 heterocycles. The molecule has 1 aromatic heterocycles. The van der Waals surface area contributed by atoms with Crippen molar-refractivity contribution >= 4 is 22.7 Å². The summed E-state index contributed by atoms with van der Waals surface area (Å²) in [5, 5.41) is 1.26. The van der Waals surface area contributed by atoms with Crippen molar-refractivity contribution < 1.29 is 18.9 Å². The zero-order valence-electron chi connectivity index (χ0n) is 20.0. The lowest BCUT2D eigenvalue weighted by Crippen LogP contribution is -2.39. The Hall–Kier alpha value is -4.06. The van der Waals surface area contributed by atoms with Gasteiger partial charge in [0.05, 0.1) is 19.7 Å². The van der Waals surface area contributed by atoms with Crippen LogP contribution in [0.5, 0.6) is 23.0 Å². The first-order valence-corrected chi connectivity index (χ1v) is 11.9. The van der Waals surface area contributed by atoms with Gasteiger partial charge in [-0.2, -0.15) is 0 Å². The van der Waals surface area contributed by atoms with Crippen molar-refractivity contribution in [3.05, 3.63) is 82.5 Å². The smallest absolute Gasteiger partial charge is 0.231 e. The maximum Gasteiger partial charge on any atom is 0.231 e. The molecule has 6 nitrogen and oxygen atoms in total. The van der Waals surface area contributed by atoms with Crippen molar-refractivity contribution in [2.24, 2.45) is 0 Å². The summed E-state index contributed by atoms with van der Waals surface area (Å²) < 4.78 is 25.5. The lowest BCUT2D eigenvalue weighted by Gasteiger charge is -2.44. The summed E-state index contributed by atoms with van der Waals surface area (Å²) in [4.78, 5) is 2.49. The van der Waals surface area contributed by atoms with E-state index in [1.807, 2.05) is 6.07 Å². The zero-order valence-corrected chi connectivity index (χ0v) is 20.0. The normalized spacial score (nSPS) is 17.5. The minimum Gasteiger partial charge on any atom is -0.493 e. The Balaban J connectivity index is 1.52. The number of benzene rings is 3. The Morgan fingerprint density at radius 1 is 0.971 bits per heavy atom. The van der Waals surface area contributed by atoms with Gasteiger partial charge in [0.1, 0.15) is 6.17 Å². The number of hydrogen-bond acceptors (Lipinski definition) is 5. The van der Waals surface area contributed by atoms with Gasteiger partial charge in [0, 0.05) is 35.0 Å². The minimum absolute atomic E-state index is 0.0905. The number of methoxy groups -OCH3 is 2. The van der Waals surface area contributed by atoms with Gasteiger partial charge in [0.25, 0.3) is 0 Å². The van der Waals surface area contributed by atoms with E-state index in [4.69, 9.17) is 18.9 Å². The van der Waals surface area contributed by atoms with Crippen LogP contribution in [0.2, 0.25) is 0 Å². The lowest BCUT2D eigenvalue weighted by atomic mass is 9.88. The molecule has 3 aliphatic rings. The molecule has 0 spiro atoms. The zero-order chi connectivity index (χ0) is 23.7. The Labute approximate surface area is 203 Å². The van der Waals surface area contributed by atoms with E-state index in [-0.39, 0.29) is 13.0 Å². The number of hydrogen-bond donors (Lipinski definition) is 0. The molecule has 0 N–H and O–H groups in total. The Morgan fingerprint density at radius 3 is 2.63 bits per heavy atom. The van der Waals surface area contributed by atoms with Crippen LogP contribution in [0.15, 0.2) is 54.7 Å². The number of aromatic nitrogens is 1. The van der Waals surface area contributed by atoms with Crippen LogP contribution >= 0.6 is 0 Å². The molecule has 4 aromatic rings. The van der Waals surface area contributed by atoms with Crippen LogP contribution in [0.4, 0.5) is 0 Å². The van der Waals surface area contributed by atoms with Gasteiger partial charge in [-0.3, -0.25) is 0 Å². The molecule has 3 aliphatic heterocycles. The average Bonchev–Trinajstić information content (AvgIpc) is 3.49. The molecule has 0 amide bonds. The molecule has 7 rings (SSSR count). The first-order valence-electron chi connectivity index (χ1n) is 11.9. The topological polar surface area (TPSA) is 45.1 Å². The summed E-state index contributed by atoms with van der Waals surface area (Å²) in [7, 11) is 3.41. The molecular formula is C29H26N2O4. The van der Waals surface area contributed by atoms with Gasteiger partial charge in [-0.05, 0) is 60.4 Å². The predicted octanol–water partition coefficient (Wildman–Crippen LogP) is 5.61. The lowest BCUT2D eigenvalue weighted by molar-refractivity contribution is 0.174. The quantitative estimate of drug-likeness (QED) is 0.393. The van der Waals surface area contributed by atoms with Crippen molar-refractivity contribution in [1.82, 2.24) is 9.47 Å². The molecule has 1 atom stereocenters. The van der Waals surface area contributed by atoms with E-state index in [9.17, 15) is 0 Å². The Bertz CT molecular complexity index is 1530. The summed E-state index contributed by atoms with van der Waals surface area (Å²) >= 11 is 0. The van der Waals surface area contributed by atoms with E-state index in [1.54, 1.807) is 14.2 Å². The van der Waals surface area contributed by atoms with Crippen molar-refractivity contribution in [3.63, 3.8) is 0 Å². The van der Waals surface area contributed by atoms with Gasteiger partial charge >= 0.3 is 0 Å². The molecule has 0 radical (unpaired) electrons. The molecular weight excluding hydrogens is 440 g/mol. The molecule has 176 valence electrons. The van der Waals surface area contributed by atoms with Crippen molar-refractivity contribution in [2.75, 3.05) is 27.6 Å². The molecule has 0 aliphatic carbocycles. The second-order valence-corrected chi connectivity index (χ2v) is 9.25. The highest BCUT2D eigenvalue weighted by molar-refractivity contribution is 5.89. The van der Waals surface area contributed by atoms with E-state index < -0.39 is 0 Å². The molecule has 35 heavy (non-hydrogen) atoms. The molecule has 0 saturated heterocycles. The van der Waals surface area contributed by atoms with Gasteiger partial charge in [-0.25, -0.2) is 0 Å². The Morgan fingerprint density at radius 2 is 1.80 bits per heavy atom.